The van der Waals surface area contributed by atoms with E-state index in [-0.39, 0.29) is 18.0 Å². The van der Waals surface area contributed by atoms with Crippen molar-refractivity contribution >= 4 is 12.3 Å². The molecule has 1 aromatic carbocycles. The first-order chi connectivity index (χ1) is 7.17. The molecule has 1 rings (SSSR count). The molecule has 3 nitrogen and oxygen atoms in total. The van der Waals surface area contributed by atoms with Gasteiger partial charge in [-0.1, -0.05) is 6.07 Å². The van der Waals surface area contributed by atoms with E-state index >= 15 is 0 Å². The molecule has 0 aliphatic carbocycles. The fraction of sp³-hybridized carbons (Fsp3) is 0.273. The molecular weight excluding hydrogens is 199 g/mol. The molecule has 0 saturated heterocycles. The van der Waals surface area contributed by atoms with Gasteiger partial charge in [0.25, 0.3) is 0 Å². The first-order valence-corrected chi connectivity index (χ1v) is 4.47. The van der Waals surface area contributed by atoms with Gasteiger partial charge in [-0.15, -0.1) is 0 Å². The predicted molar refractivity (Wildman–Crippen MR) is 52.1 cm³/mol. The lowest BCUT2D eigenvalue weighted by molar-refractivity contribution is -0.140. The first kappa shape index (κ1) is 11.4. The second kappa shape index (κ2) is 5.24. The Balaban J connectivity index is 2.76. The van der Waals surface area contributed by atoms with E-state index in [1.165, 1.54) is 19.2 Å². The minimum absolute atomic E-state index is 0.184. The van der Waals surface area contributed by atoms with E-state index in [1.807, 2.05) is 0 Å². The van der Waals surface area contributed by atoms with Crippen molar-refractivity contribution in [2.75, 3.05) is 7.11 Å². The van der Waals surface area contributed by atoms with Crippen LogP contribution in [0, 0.1) is 5.82 Å². The van der Waals surface area contributed by atoms with Crippen LogP contribution in [0.4, 0.5) is 4.39 Å². The number of hydrogen-bond donors (Lipinski definition) is 0. The number of halogens is 1. The molecule has 0 fully saturated rings. The van der Waals surface area contributed by atoms with Crippen molar-refractivity contribution in [1.29, 1.82) is 0 Å². The Morgan fingerprint density at radius 2 is 2.27 bits per heavy atom. The summed E-state index contributed by atoms with van der Waals surface area (Å²) in [7, 11) is 1.30. The van der Waals surface area contributed by atoms with Crippen LogP contribution in [-0.4, -0.2) is 19.4 Å². The summed E-state index contributed by atoms with van der Waals surface area (Å²) in [6.07, 6.45) is 1.14. The van der Waals surface area contributed by atoms with Crippen LogP contribution < -0.4 is 0 Å². The van der Waals surface area contributed by atoms with Crippen LogP contribution in [0.25, 0.3) is 0 Å². The van der Waals surface area contributed by atoms with Crippen molar-refractivity contribution in [3.8, 4) is 0 Å². The van der Waals surface area contributed by atoms with Gasteiger partial charge >= 0.3 is 5.97 Å². The molecule has 0 atom stereocenters. The Bertz CT molecular complexity index is 374. The Morgan fingerprint density at radius 1 is 1.53 bits per heavy atom. The van der Waals surface area contributed by atoms with E-state index in [0.717, 1.165) is 6.07 Å². The first-order valence-electron chi connectivity index (χ1n) is 4.47. The highest BCUT2D eigenvalue weighted by atomic mass is 19.1. The number of benzene rings is 1. The van der Waals surface area contributed by atoms with Crippen LogP contribution in [-0.2, 0) is 16.0 Å². The summed E-state index contributed by atoms with van der Waals surface area (Å²) in [5.74, 6) is -0.810. The number of ether oxygens (including phenoxy) is 1. The van der Waals surface area contributed by atoms with Crippen molar-refractivity contribution in [2.45, 2.75) is 12.8 Å². The summed E-state index contributed by atoms with van der Waals surface area (Å²) in [5, 5.41) is 0. The van der Waals surface area contributed by atoms with Gasteiger partial charge in [-0.05, 0) is 24.1 Å². The monoisotopic (exact) mass is 210 g/mol. The molecule has 1 aromatic rings. The van der Waals surface area contributed by atoms with Gasteiger partial charge in [-0.25, -0.2) is 4.39 Å². The van der Waals surface area contributed by atoms with E-state index in [0.29, 0.717) is 18.3 Å². The summed E-state index contributed by atoms with van der Waals surface area (Å²) >= 11 is 0. The molecule has 0 spiro atoms. The molecular formula is C11H11FO3. The standard InChI is InChI=1S/C11H11FO3/c1-15-11(14)5-3-8-2-4-10(12)6-9(8)7-13/h2,4,6-7H,3,5H2,1H3. The van der Waals surface area contributed by atoms with Gasteiger partial charge in [-0.2, -0.15) is 0 Å². The highest BCUT2D eigenvalue weighted by molar-refractivity contribution is 5.78. The topological polar surface area (TPSA) is 43.4 Å². The Labute approximate surface area is 86.9 Å². The maximum atomic E-state index is 12.7. The van der Waals surface area contributed by atoms with Crippen molar-refractivity contribution in [3.05, 3.63) is 35.1 Å². The number of carbonyl (C=O) groups is 2. The zero-order chi connectivity index (χ0) is 11.3. The minimum atomic E-state index is -0.459. The molecule has 15 heavy (non-hydrogen) atoms. The van der Waals surface area contributed by atoms with Gasteiger partial charge in [0.05, 0.1) is 7.11 Å². The van der Waals surface area contributed by atoms with Crippen LogP contribution in [0.5, 0.6) is 0 Å². The van der Waals surface area contributed by atoms with Gasteiger partial charge in [0.15, 0.2) is 0 Å². The number of rotatable bonds is 4. The molecule has 0 unspecified atom stereocenters. The Morgan fingerprint density at radius 3 is 2.87 bits per heavy atom. The summed E-state index contributed by atoms with van der Waals surface area (Å²) in [6, 6.07) is 3.92. The number of hydrogen-bond acceptors (Lipinski definition) is 3. The zero-order valence-electron chi connectivity index (χ0n) is 8.33. The SMILES string of the molecule is COC(=O)CCc1ccc(F)cc1C=O. The van der Waals surface area contributed by atoms with Gasteiger partial charge in [-0.3, -0.25) is 9.59 Å². The van der Waals surface area contributed by atoms with Crippen molar-refractivity contribution in [2.24, 2.45) is 0 Å². The quantitative estimate of drug-likeness (QED) is 0.561. The summed E-state index contributed by atoms with van der Waals surface area (Å²) in [6.45, 7) is 0. The second-order valence-electron chi connectivity index (χ2n) is 3.04. The molecule has 0 aliphatic heterocycles. The van der Waals surface area contributed by atoms with Crippen LogP contribution in [0.15, 0.2) is 18.2 Å². The van der Waals surface area contributed by atoms with Crippen LogP contribution in [0.2, 0.25) is 0 Å². The van der Waals surface area contributed by atoms with Gasteiger partial charge in [0.2, 0.25) is 0 Å². The lowest BCUT2D eigenvalue weighted by Gasteiger charge is -2.03. The van der Waals surface area contributed by atoms with Crippen molar-refractivity contribution < 1.29 is 18.7 Å². The smallest absolute Gasteiger partial charge is 0.305 e. The number of esters is 1. The van der Waals surface area contributed by atoms with Crippen LogP contribution >= 0.6 is 0 Å². The maximum absolute atomic E-state index is 12.7. The van der Waals surface area contributed by atoms with E-state index in [9.17, 15) is 14.0 Å². The fourth-order valence-electron chi connectivity index (χ4n) is 1.24. The number of carbonyl (C=O) groups excluding carboxylic acids is 2. The number of methoxy groups -OCH3 is 1. The fourth-order valence-corrected chi connectivity index (χ4v) is 1.24. The summed E-state index contributed by atoms with van der Waals surface area (Å²) in [4.78, 5) is 21.5. The van der Waals surface area contributed by atoms with Crippen LogP contribution in [0.3, 0.4) is 0 Å². The lowest BCUT2D eigenvalue weighted by atomic mass is 10.0. The average Bonchev–Trinajstić information content (AvgIpc) is 2.26. The van der Waals surface area contributed by atoms with Crippen molar-refractivity contribution in [3.63, 3.8) is 0 Å². The molecule has 4 heteroatoms. The van der Waals surface area contributed by atoms with E-state index in [1.54, 1.807) is 0 Å². The molecule has 0 bridgehead atoms. The molecule has 80 valence electrons. The van der Waals surface area contributed by atoms with Gasteiger partial charge < -0.3 is 4.74 Å². The van der Waals surface area contributed by atoms with E-state index < -0.39 is 5.82 Å². The maximum Gasteiger partial charge on any atom is 0.305 e. The molecule has 0 saturated carbocycles. The average molecular weight is 210 g/mol. The molecule has 0 N–H and O–H groups in total. The molecule has 0 radical (unpaired) electrons. The van der Waals surface area contributed by atoms with Crippen LogP contribution in [0.1, 0.15) is 22.3 Å². The van der Waals surface area contributed by atoms with Gasteiger partial charge in [0, 0.05) is 12.0 Å². The van der Waals surface area contributed by atoms with E-state index in [4.69, 9.17) is 0 Å². The largest absolute Gasteiger partial charge is 0.469 e. The lowest BCUT2D eigenvalue weighted by Crippen LogP contribution is -2.03. The zero-order valence-corrected chi connectivity index (χ0v) is 8.33. The minimum Gasteiger partial charge on any atom is -0.469 e. The molecule has 0 aromatic heterocycles. The normalized spacial score (nSPS) is 9.73. The summed E-state index contributed by atoms with van der Waals surface area (Å²) < 4.78 is 17.2. The Kier molecular flexibility index (Phi) is 3.97. The highest BCUT2D eigenvalue weighted by Crippen LogP contribution is 2.11. The molecule has 0 aliphatic rings. The third-order valence-corrected chi connectivity index (χ3v) is 2.06. The third kappa shape index (κ3) is 3.16. The summed E-state index contributed by atoms with van der Waals surface area (Å²) in [5.41, 5.74) is 0.927. The van der Waals surface area contributed by atoms with E-state index in [2.05, 4.69) is 4.74 Å². The molecule has 0 heterocycles. The number of aryl methyl sites for hydroxylation is 1. The van der Waals surface area contributed by atoms with Gasteiger partial charge in [0.1, 0.15) is 12.1 Å². The Hall–Kier alpha value is -1.71. The predicted octanol–water partition coefficient (Wildman–Crippen LogP) is 1.74. The van der Waals surface area contributed by atoms with Crippen molar-refractivity contribution in [1.82, 2.24) is 0 Å². The third-order valence-electron chi connectivity index (χ3n) is 2.06. The highest BCUT2D eigenvalue weighted by Gasteiger charge is 2.06. The second-order valence-corrected chi connectivity index (χ2v) is 3.04. The molecule has 0 amide bonds. The number of aldehydes is 1.